The molecule has 1 aromatic carbocycles. The molecule has 1 atom stereocenters. The van der Waals surface area contributed by atoms with Crippen LogP contribution in [-0.4, -0.2) is 38.8 Å². The summed E-state index contributed by atoms with van der Waals surface area (Å²) in [5, 5.41) is 3.37. The third kappa shape index (κ3) is 1.85. The van der Waals surface area contributed by atoms with Crippen molar-refractivity contribution >= 4 is 11.6 Å². The fourth-order valence-corrected chi connectivity index (χ4v) is 3.41. The fourth-order valence-electron chi connectivity index (χ4n) is 3.41. The Balaban J connectivity index is 1.62. The molecule has 0 radical (unpaired) electrons. The highest BCUT2D eigenvalue weighted by Gasteiger charge is 2.45. The van der Waals surface area contributed by atoms with Crippen molar-refractivity contribution in [1.82, 2.24) is 5.32 Å². The molecule has 4 rings (SSSR count). The summed E-state index contributed by atoms with van der Waals surface area (Å²) in [6, 6.07) is 5.77. The van der Waals surface area contributed by atoms with Crippen molar-refractivity contribution in [3.8, 4) is 11.5 Å². The van der Waals surface area contributed by atoms with Gasteiger partial charge in [0, 0.05) is 36.7 Å². The van der Waals surface area contributed by atoms with E-state index in [0.717, 1.165) is 43.2 Å². The van der Waals surface area contributed by atoms with Crippen molar-refractivity contribution in [2.24, 2.45) is 5.41 Å². The summed E-state index contributed by atoms with van der Waals surface area (Å²) in [5.74, 6) is 1.72. The van der Waals surface area contributed by atoms with E-state index in [9.17, 15) is 4.79 Å². The zero-order chi connectivity index (χ0) is 13.6. The van der Waals surface area contributed by atoms with Crippen LogP contribution in [0.2, 0.25) is 0 Å². The predicted octanol–water partition coefficient (Wildman–Crippen LogP) is 1.17. The summed E-state index contributed by atoms with van der Waals surface area (Å²) in [6.07, 6.45) is 1.73. The van der Waals surface area contributed by atoms with Gasteiger partial charge in [0.2, 0.25) is 5.91 Å². The van der Waals surface area contributed by atoms with E-state index < -0.39 is 0 Å². The molecule has 5 nitrogen and oxygen atoms in total. The summed E-state index contributed by atoms with van der Waals surface area (Å²) >= 11 is 0. The molecule has 106 valence electrons. The molecule has 1 N–H and O–H groups in total. The highest BCUT2D eigenvalue weighted by atomic mass is 16.6. The number of fused-ring (bicyclic) bond motifs is 1. The Kier molecular flexibility index (Phi) is 2.63. The largest absolute Gasteiger partial charge is 0.486 e. The van der Waals surface area contributed by atoms with Crippen LogP contribution in [0.4, 0.5) is 5.69 Å². The SMILES string of the molecule is O=C1C[C@]2(CCNC2)CN1c1ccc2c(c1)OCCO2. The van der Waals surface area contributed by atoms with E-state index in [-0.39, 0.29) is 11.3 Å². The van der Waals surface area contributed by atoms with Crippen LogP contribution in [0.25, 0.3) is 0 Å². The smallest absolute Gasteiger partial charge is 0.227 e. The number of benzene rings is 1. The van der Waals surface area contributed by atoms with Gasteiger partial charge in [0.25, 0.3) is 0 Å². The van der Waals surface area contributed by atoms with Gasteiger partial charge in [-0.25, -0.2) is 0 Å². The maximum atomic E-state index is 12.3. The molecule has 0 saturated carbocycles. The van der Waals surface area contributed by atoms with Crippen LogP contribution >= 0.6 is 0 Å². The lowest BCUT2D eigenvalue weighted by Gasteiger charge is -2.24. The van der Waals surface area contributed by atoms with Crippen molar-refractivity contribution in [3.05, 3.63) is 18.2 Å². The number of rotatable bonds is 1. The lowest BCUT2D eigenvalue weighted by molar-refractivity contribution is -0.117. The third-order valence-electron chi connectivity index (χ3n) is 4.49. The van der Waals surface area contributed by atoms with Crippen molar-refractivity contribution in [1.29, 1.82) is 0 Å². The molecule has 3 heterocycles. The van der Waals surface area contributed by atoms with Crippen LogP contribution < -0.4 is 19.7 Å². The van der Waals surface area contributed by atoms with E-state index in [1.165, 1.54) is 0 Å². The molecule has 0 aromatic heterocycles. The summed E-state index contributed by atoms with van der Waals surface area (Å²) < 4.78 is 11.1. The van der Waals surface area contributed by atoms with Crippen molar-refractivity contribution in [2.75, 3.05) is 37.7 Å². The molecule has 1 spiro atoms. The number of hydrogen-bond acceptors (Lipinski definition) is 4. The van der Waals surface area contributed by atoms with Gasteiger partial charge in [0.15, 0.2) is 11.5 Å². The minimum absolute atomic E-state index is 0.129. The first-order valence-corrected chi connectivity index (χ1v) is 7.17. The van der Waals surface area contributed by atoms with Crippen LogP contribution in [0.1, 0.15) is 12.8 Å². The van der Waals surface area contributed by atoms with Crippen LogP contribution in [0.3, 0.4) is 0 Å². The number of amides is 1. The van der Waals surface area contributed by atoms with Crippen molar-refractivity contribution in [3.63, 3.8) is 0 Å². The van der Waals surface area contributed by atoms with E-state index in [4.69, 9.17) is 9.47 Å². The zero-order valence-electron chi connectivity index (χ0n) is 11.4. The highest BCUT2D eigenvalue weighted by molar-refractivity contribution is 5.96. The number of carbonyl (C=O) groups is 1. The first-order chi connectivity index (χ1) is 9.76. The average molecular weight is 274 g/mol. The summed E-state index contributed by atoms with van der Waals surface area (Å²) in [4.78, 5) is 14.2. The van der Waals surface area contributed by atoms with E-state index in [1.807, 2.05) is 23.1 Å². The van der Waals surface area contributed by atoms with Crippen LogP contribution in [0, 0.1) is 5.41 Å². The highest BCUT2D eigenvalue weighted by Crippen LogP contribution is 2.41. The second-order valence-electron chi connectivity index (χ2n) is 5.91. The van der Waals surface area contributed by atoms with Gasteiger partial charge in [0.05, 0.1) is 0 Å². The number of hydrogen-bond donors (Lipinski definition) is 1. The molecule has 3 aliphatic rings. The van der Waals surface area contributed by atoms with Crippen LogP contribution in [0.5, 0.6) is 11.5 Å². The molecule has 20 heavy (non-hydrogen) atoms. The van der Waals surface area contributed by atoms with E-state index >= 15 is 0 Å². The molecule has 2 fully saturated rings. The Hall–Kier alpha value is -1.75. The molecule has 1 amide bonds. The number of nitrogens with zero attached hydrogens (tertiary/aromatic N) is 1. The minimum atomic E-state index is 0.129. The monoisotopic (exact) mass is 274 g/mol. The lowest BCUT2D eigenvalue weighted by atomic mass is 9.86. The van der Waals surface area contributed by atoms with Gasteiger partial charge in [-0.1, -0.05) is 0 Å². The predicted molar refractivity (Wildman–Crippen MR) is 74.3 cm³/mol. The van der Waals surface area contributed by atoms with E-state index in [0.29, 0.717) is 19.6 Å². The summed E-state index contributed by atoms with van der Waals surface area (Å²) in [6.45, 7) is 3.92. The van der Waals surface area contributed by atoms with Gasteiger partial charge in [-0.2, -0.15) is 0 Å². The summed E-state index contributed by atoms with van der Waals surface area (Å²) in [7, 11) is 0. The van der Waals surface area contributed by atoms with Gasteiger partial charge in [0.1, 0.15) is 13.2 Å². The minimum Gasteiger partial charge on any atom is -0.486 e. The second kappa shape index (κ2) is 4.38. The molecule has 5 heteroatoms. The Morgan fingerprint density at radius 3 is 2.85 bits per heavy atom. The van der Waals surface area contributed by atoms with Crippen LogP contribution in [0.15, 0.2) is 18.2 Å². The van der Waals surface area contributed by atoms with Gasteiger partial charge >= 0.3 is 0 Å². The molecule has 0 aliphatic carbocycles. The second-order valence-corrected chi connectivity index (χ2v) is 5.91. The Morgan fingerprint density at radius 1 is 1.20 bits per heavy atom. The van der Waals surface area contributed by atoms with E-state index in [1.54, 1.807) is 0 Å². The van der Waals surface area contributed by atoms with Gasteiger partial charge < -0.3 is 19.7 Å². The standard InChI is InChI=1S/C15H18N2O3/c18-14-8-15(3-4-16-9-15)10-17(14)11-1-2-12-13(7-11)20-6-5-19-12/h1-2,7,16H,3-6,8-10H2/t15-/m0/s1. The van der Waals surface area contributed by atoms with Gasteiger partial charge in [-0.15, -0.1) is 0 Å². The van der Waals surface area contributed by atoms with E-state index in [2.05, 4.69) is 5.32 Å². The number of ether oxygens (including phenoxy) is 2. The number of nitrogens with one attached hydrogen (secondary N) is 1. The molecule has 0 unspecified atom stereocenters. The lowest BCUT2D eigenvalue weighted by Crippen LogP contribution is -2.30. The first kappa shape index (κ1) is 12.0. The Labute approximate surface area is 117 Å². The molecule has 0 bridgehead atoms. The van der Waals surface area contributed by atoms with Crippen molar-refractivity contribution in [2.45, 2.75) is 12.8 Å². The number of anilines is 1. The van der Waals surface area contributed by atoms with Gasteiger partial charge in [-0.05, 0) is 25.1 Å². The quantitative estimate of drug-likeness (QED) is 0.835. The Morgan fingerprint density at radius 2 is 2.05 bits per heavy atom. The fraction of sp³-hybridized carbons (Fsp3) is 0.533. The molecule has 2 saturated heterocycles. The molecular weight excluding hydrogens is 256 g/mol. The topological polar surface area (TPSA) is 50.8 Å². The van der Waals surface area contributed by atoms with Gasteiger partial charge in [-0.3, -0.25) is 4.79 Å². The molecule has 3 aliphatic heterocycles. The van der Waals surface area contributed by atoms with Crippen molar-refractivity contribution < 1.29 is 14.3 Å². The normalized spacial score (nSPS) is 28.4. The first-order valence-electron chi connectivity index (χ1n) is 7.17. The van der Waals surface area contributed by atoms with Crippen LogP contribution in [-0.2, 0) is 4.79 Å². The Bertz CT molecular complexity index is 552. The summed E-state index contributed by atoms with van der Waals surface area (Å²) in [5.41, 5.74) is 1.05. The maximum Gasteiger partial charge on any atom is 0.227 e. The third-order valence-corrected chi connectivity index (χ3v) is 4.49. The average Bonchev–Trinajstić information content (AvgIpc) is 3.06. The maximum absolute atomic E-state index is 12.3. The molecule has 1 aromatic rings. The number of carbonyl (C=O) groups excluding carboxylic acids is 1. The molecular formula is C15H18N2O3. The zero-order valence-corrected chi connectivity index (χ0v) is 11.4.